The molecule has 0 atom stereocenters. The van der Waals surface area contributed by atoms with E-state index in [-0.39, 0.29) is 23.7 Å². The van der Waals surface area contributed by atoms with Crippen LogP contribution in [0.15, 0.2) is 42.5 Å². The Hall–Kier alpha value is -2.64. The number of carboxylic acid groups (broad SMARTS) is 1. The Bertz CT molecular complexity index is 855. The molecule has 6 nitrogen and oxygen atoms in total. The van der Waals surface area contributed by atoms with E-state index in [1.165, 1.54) is 17.0 Å². The van der Waals surface area contributed by atoms with Gasteiger partial charge in [-0.25, -0.2) is 14.0 Å². The summed E-state index contributed by atoms with van der Waals surface area (Å²) in [6.45, 7) is 1.71. The molecule has 0 spiro atoms. The van der Waals surface area contributed by atoms with Crippen molar-refractivity contribution >= 4 is 29.3 Å². The molecule has 2 amide bonds. The van der Waals surface area contributed by atoms with E-state index in [4.69, 9.17) is 21.4 Å². The monoisotopic (exact) mass is 392 g/mol. The molecule has 0 bridgehead atoms. The number of halogens is 2. The molecular weight excluding hydrogens is 375 g/mol. The molecule has 1 aliphatic heterocycles. The van der Waals surface area contributed by atoms with Crippen molar-refractivity contribution in [3.63, 3.8) is 0 Å². The van der Waals surface area contributed by atoms with Crippen LogP contribution in [0.4, 0.5) is 14.9 Å². The van der Waals surface area contributed by atoms with Gasteiger partial charge < -0.3 is 14.7 Å². The Morgan fingerprint density at radius 3 is 2.56 bits per heavy atom. The summed E-state index contributed by atoms with van der Waals surface area (Å²) in [5.41, 5.74) is 0.590. The lowest BCUT2D eigenvalue weighted by atomic mass is 10.1. The second-order valence-corrected chi connectivity index (χ2v) is 6.50. The Balaban J connectivity index is 1.92. The maximum absolute atomic E-state index is 14.4. The number of hydrogen-bond donors (Lipinski definition) is 1. The van der Waals surface area contributed by atoms with Gasteiger partial charge in [0, 0.05) is 29.4 Å². The van der Waals surface area contributed by atoms with Crippen LogP contribution in [0.25, 0.3) is 0 Å². The number of benzene rings is 2. The van der Waals surface area contributed by atoms with Crippen molar-refractivity contribution in [3.8, 4) is 0 Å². The summed E-state index contributed by atoms with van der Waals surface area (Å²) in [4.78, 5) is 27.1. The third-order valence-corrected chi connectivity index (χ3v) is 4.50. The van der Waals surface area contributed by atoms with Gasteiger partial charge in [-0.2, -0.15) is 0 Å². The van der Waals surface area contributed by atoms with Gasteiger partial charge in [0.05, 0.1) is 25.3 Å². The summed E-state index contributed by atoms with van der Waals surface area (Å²) in [7, 11) is 0. The smallest absolute Gasteiger partial charge is 0.335 e. The first-order valence-electron chi connectivity index (χ1n) is 8.37. The number of hydrogen-bond acceptors (Lipinski definition) is 3. The lowest BCUT2D eigenvalue weighted by Crippen LogP contribution is -2.48. The zero-order chi connectivity index (χ0) is 19.4. The SMILES string of the molecule is O=C(O)c1ccc(CN(C(=O)N2CCOCC2)c2cccc(Cl)c2)c(F)c1. The van der Waals surface area contributed by atoms with Crippen molar-refractivity contribution in [2.24, 2.45) is 0 Å². The first kappa shape index (κ1) is 19.1. The van der Waals surface area contributed by atoms with Gasteiger partial charge >= 0.3 is 12.0 Å². The number of urea groups is 1. The molecule has 0 aliphatic carbocycles. The fourth-order valence-corrected chi connectivity index (χ4v) is 3.00. The number of carboxylic acids is 1. The topological polar surface area (TPSA) is 70.1 Å². The molecule has 142 valence electrons. The van der Waals surface area contributed by atoms with Crippen LogP contribution < -0.4 is 4.90 Å². The predicted molar refractivity (Wildman–Crippen MR) is 98.8 cm³/mol. The minimum atomic E-state index is -1.21. The maximum atomic E-state index is 14.4. The second-order valence-electron chi connectivity index (χ2n) is 6.06. The summed E-state index contributed by atoms with van der Waals surface area (Å²) in [5, 5.41) is 9.44. The van der Waals surface area contributed by atoms with Crippen LogP contribution in [-0.2, 0) is 11.3 Å². The second kappa shape index (κ2) is 8.37. The molecule has 0 radical (unpaired) electrons. The van der Waals surface area contributed by atoms with Crippen LogP contribution >= 0.6 is 11.6 Å². The molecule has 0 unspecified atom stereocenters. The van der Waals surface area contributed by atoms with Crippen LogP contribution in [0.2, 0.25) is 5.02 Å². The van der Waals surface area contributed by atoms with E-state index in [1.807, 2.05) is 0 Å². The fraction of sp³-hybridized carbons (Fsp3) is 0.263. The van der Waals surface area contributed by atoms with Gasteiger partial charge in [-0.05, 0) is 30.3 Å². The quantitative estimate of drug-likeness (QED) is 0.862. The third kappa shape index (κ3) is 4.56. The molecule has 3 rings (SSSR count). The lowest BCUT2D eigenvalue weighted by molar-refractivity contribution is 0.0548. The first-order chi connectivity index (χ1) is 13.0. The number of carbonyl (C=O) groups is 2. The minimum Gasteiger partial charge on any atom is -0.478 e. The summed E-state index contributed by atoms with van der Waals surface area (Å²) in [6, 6.07) is 10.1. The van der Waals surface area contributed by atoms with Gasteiger partial charge in [-0.3, -0.25) is 4.90 Å². The van der Waals surface area contributed by atoms with Crippen molar-refractivity contribution in [3.05, 3.63) is 64.4 Å². The van der Waals surface area contributed by atoms with Gasteiger partial charge in [-0.15, -0.1) is 0 Å². The van der Waals surface area contributed by atoms with Crippen molar-refractivity contribution in [2.75, 3.05) is 31.2 Å². The van der Waals surface area contributed by atoms with E-state index in [9.17, 15) is 14.0 Å². The highest BCUT2D eigenvalue weighted by Gasteiger charge is 2.25. The van der Waals surface area contributed by atoms with E-state index in [2.05, 4.69) is 0 Å². The van der Waals surface area contributed by atoms with Crippen molar-refractivity contribution < 1.29 is 23.8 Å². The molecule has 2 aromatic carbocycles. The summed E-state index contributed by atoms with van der Waals surface area (Å²) >= 11 is 6.06. The molecular formula is C19H18ClFN2O4. The molecule has 1 heterocycles. The average molecular weight is 393 g/mol. The van der Waals surface area contributed by atoms with Gasteiger partial charge in [0.1, 0.15) is 5.82 Å². The van der Waals surface area contributed by atoms with Gasteiger partial charge in [-0.1, -0.05) is 23.7 Å². The molecule has 2 aromatic rings. The Labute approximate surface area is 160 Å². The Kier molecular flexibility index (Phi) is 5.93. The van der Waals surface area contributed by atoms with E-state index >= 15 is 0 Å². The van der Waals surface area contributed by atoms with Crippen LogP contribution in [0.5, 0.6) is 0 Å². The number of anilines is 1. The minimum absolute atomic E-state index is 0.0533. The van der Waals surface area contributed by atoms with Crippen molar-refractivity contribution in [1.82, 2.24) is 4.90 Å². The molecule has 1 saturated heterocycles. The number of morpholine rings is 1. The molecule has 1 fully saturated rings. The molecule has 27 heavy (non-hydrogen) atoms. The molecule has 0 aromatic heterocycles. The summed E-state index contributed by atoms with van der Waals surface area (Å²) < 4.78 is 19.7. The normalized spacial score (nSPS) is 14.1. The zero-order valence-corrected chi connectivity index (χ0v) is 15.2. The summed E-state index contributed by atoms with van der Waals surface area (Å²) in [6.07, 6.45) is 0. The highest BCUT2D eigenvalue weighted by Crippen LogP contribution is 2.24. The predicted octanol–water partition coefficient (Wildman–Crippen LogP) is 3.64. The van der Waals surface area contributed by atoms with Gasteiger partial charge in [0.15, 0.2) is 0 Å². The Morgan fingerprint density at radius 1 is 1.19 bits per heavy atom. The van der Waals surface area contributed by atoms with Crippen molar-refractivity contribution in [2.45, 2.75) is 6.54 Å². The molecule has 1 aliphatic rings. The third-order valence-electron chi connectivity index (χ3n) is 4.26. The van der Waals surface area contributed by atoms with Crippen LogP contribution in [-0.4, -0.2) is 48.3 Å². The highest BCUT2D eigenvalue weighted by atomic mass is 35.5. The van der Waals surface area contributed by atoms with Crippen LogP contribution in [0.1, 0.15) is 15.9 Å². The largest absolute Gasteiger partial charge is 0.478 e. The highest BCUT2D eigenvalue weighted by molar-refractivity contribution is 6.30. The van der Waals surface area contributed by atoms with Crippen LogP contribution in [0.3, 0.4) is 0 Å². The van der Waals surface area contributed by atoms with E-state index < -0.39 is 11.8 Å². The Morgan fingerprint density at radius 2 is 1.93 bits per heavy atom. The van der Waals surface area contributed by atoms with Crippen LogP contribution in [0, 0.1) is 5.82 Å². The maximum Gasteiger partial charge on any atom is 0.335 e. The first-order valence-corrected chi connectivity index (χ1v) is 8.75. The molecule has 1 N–H and O–H groups in total. The van der Waals surface area contributed by atoms with E-state index in [1.54, 1.807) is 29.2 Å². The number of carbonyl (C=O) groups excluding carboxylic acids is 1. The van der Waals surface area contributed by atoms with E-state index in [0.29, 0.717) is 37.0 Å². The average Bonchev–Trinajstić information content (AvgIpc) is 2.67. The standard InChI is InChI=1S/C19H18ClFN2O4/c20-15-2-1-3-16(11-15)23(19(26)22-6-8-27-9-7-22)12-14-5-4-13(18(24)25)10-17(14)21/h1-5,10-11H,6-9,12H2,(H,24,25). The van der Waals surface area contributed by atoms with Crippen molar-refractivity contribution in [1.29, 1.82) is 0 Å². The van der Waals surface area contributed by atoms with E-state index in [0.717, 1.165) is 6.07 Å². The molecule has 0 saturated carbocycles. The number of rotatable bonds is 4. The number of ether oxygens (including phenoxy) is 1. The number of nitrogens with zero attached hydrogens (tertiary/aromatic N) is 2. The fourth-order valence-electron chi connectivity index (χ4n) is 2.82. The molecule has 8 heteroatoms. The number of amides is 2. The van der Waals surface area contributed by atoms with Gasteiger partial charge in [0.25, 0.3) is 0 Å². The van der Waals surface area contributed by atoms with Gasteiger partial charge in [0.2, 0.25) is 0 Å². The number of aromatic carboxylic acids is 1. The summed E-state index contributed by atoms with van der Waals surface area (Å²) in [5.74, 6) is -1.90. The zero-order valence-electron chi connectivity index (χ0n) is 14.4. The lowest BCUT2D eigenvalue weighted by Gasteiger charge is -2.33.